The fourth-order valence-corrected chi connectivity index (χ4v) is 2.16. The Balaban J connectivity index is 2.74. The summed E-state index contributed by atoms with van der Waals surface area (Å²) >= 11 is 1.79. The maximum atomic E-state index is 5.87. The molecule has 0 radical (unpaired) electrons. The summed E-state index contributed by atoms with van der Waals surface area (Å²) in [5.74, 6) is 1.78. The van der Waals surface area contributed by atoms with Gasteiger partial charge < -0.3 is 5.73 Å². The summed E-state index contributed by atoms with van der Waals surface area (Å²) in [6.45, 7) is 6.42. The molecular weight excluding hydrogens is 192 g/mol. The molecule has 0 bridgehead atoms. The summed E-state index contributed by atoms with van der Waals surface area (Å²) in [5.41, 5.74) is 7.02. The third-order valence-electron chi connectivity index (χ3n) is 1.84. The maximum absolute atomic E-state index is 5.87. The van der Waals surface area contributed by atoms with E-state index in [4.69, 9.17) is 5.73 Å². The number of thioether (sulfide) groups is 1. The van der Waals surface area contributed by atoms with Gasteiger partial charge in [-0.15, -0.1) is 11.8 Å². The fourth-order valence-electron chi connectivity index (χ4n) is 1.12. The summed E-state index contributed by atoms with van der Waals surface area (Å²) in [7, 11) is 0. The molecule has 1 heterocycles. The predicted molar refractivity (Wildman–Crippen MR) is 62.4 cm³/mol. The molecule has 78 valence electrons. The lowest BCUT2D eigenvalue weighted by Crippen LogP contribution is -2.07. The Hall–Kier alpha value is -0.540. The molecule has 0 fully saturated rings. The minimum atomic E-state index is 0.0679. The standard InChI is InChI=1S/C11H18N2S/c1-8(2)7-14-11-10(9(3)12)5-4-6-13-11/h4-6,8-9H,7,12H2,1-3H3. The minimum absolute atomic E-state index is 0.0679. The van der Waals surface area contributed by atoms with E-state index < -0.39 is 0 Å². The lowest BCUT2D eigenvalue weighted by molar-refractivity contribution is 0.744. The Bertz CT molecular complexity index is 284. The molecule has 1 unspecified atom stereocenters. The first-order valence-corrected chi connectivity index (χ1v) is 5.93. The molecule has 0 amide bonds. The van der Waals surface area contributed by atoms with Gasteiger partial charge in [0.05, 0.1) is 0 Å². The highest BCUT2D eigenvalue weighted by Gasteiger charge is 2.08. The van der Waals surface area contributed by atoms with E-state index in [2.05, 4.69) is 24.9 Å². The third kappa shape index (κ3) is 3.31. The van der Waals surface area contributed by atoms with Gasteiger partial charge in [0.25, 0.3) is 0 Å². The monoisotopic (exact) mass is 210 g/mol. The SMILES string of the molecule is CC(C)CSc1ncccc1C(C)N. The van der Waals surface area contributed by atoms with Gasteiger partial charge >= 0.3 is 0 Å². The molecule has 0 spiro atoms. The molecule has 1 rings (SSSR count). The van der Waals surface area contributed by atoms with Crippen molar-refractivity contribution in [2.45, 2.75) is 31.8 Å². The number of aromatic nitrogens is 1. The number of pyridine rings is 1. The molecule has 0 saturated heterocycles. The van der Waals surface area contributed by atoms with E-state index in [1.165, 1.54) is 0 Å². The van der Waals surface area contributed by atoms with Gasteiger partial charge in [-0.2, -0.15) is 0 Å². The second kappa shape index (κ2) is 5.37. The number of hydrogen-bond donors (Lipinski definition) is 1. The van der Waals surface area contributed by atoms with Gasteiger partial charge in [0.1, 0.15) is 5.03 Å². The van der Waals surface area contributed by atoms with Crippen LogP contribution in [0.4, 0.5) is 0 Å². The van der Waals surface area contributed by atoms with Crippen molar-refractivity contribution < 1.29 is 0 Å². The van der Waals surface area contributed by atoms with Gasteiger partial charge in [0.15, 0.2) is 0 Å². The second-order valence-corrected chi connectivity index (χ2v) is 4.90. The number of nitrogens with two attached hydrogens (primary N) is 1. The molecule has 2 N–H and O–H groups in total. The van der Waals surface area contributed by atoms with Crippen LogP contribution in [0.1, 0.15) is 32.4 Å². The molecule has 0 aromatic carbocycles. The van der Waals surface area contributed by atoms with Crippen molar-refractivity contribution in [3.05, 3.63) is 23.9 Å². The summed E-state index contributed by atoms with van der Waals surface area (Å²) in [6, 6.07) is 4.07. The Morgan fingerprint density at radius 1 is 1.43 bits per heavy atom. The van der Waals surface area contributed by atoms with Gasteiger partial charge in [0, 0.05) is 23.6 Å². The molecular formula is C11H18N2S. The largest absolute Gasteiger partial charge is 0.324 e. The van der Waals surface area contributed by atoms with Crippen LogP contribution in [0, 0.1) is 5.92 Å². The highest BCUT2D eigenvalue weighted by molar-refractivity contribution is 7.99. The van der Waals surface area contributed by atoms with Crippen LogP contribution in [0.15, 0.2) is 23.4 Å². The highest BCUT2D eigenvalue weighted by atomic mass is 32.2. The van der Waals surface area contributed by atoms with Crippen LogP contribution in [0.5, 0.6) is 0 Å². The lowest BCUT2D eigenvalue weighted by atomic mass is 10.2. The van der Waals surface area contributed by atoms with Crippen molar-refractivity contribution in [1.82, 2.24) is 4.98 Å². The molecule has 0 aliphatic heterocycles. The molecule has 0 aliphatic carbocycles. The topological polar surface area (TPSA) is 38.9 Å². The van der Waals surface area contributed by atoms with Gasteiger partial charge in [-0.1, -0.05) is 19.9 Å². The lowest BCUT2D eigenvalue weighted by Gasteiger charge is -2.11. The summed E-state index contributed by atoms with van der Waals surface area (Å²) < 4.78 is 0. The molecule has 2 nitrogen and oxygen atoms in total. The normalized spacial score (nSPS) is 13.2. The fraction of sp³-hybridized carbons (Fsp3) is 0.545. The zero-order valence-electron chi connectivity index (χ0n) is 9.03. The van der Waals surface area contributed by atoms with Crippen molar-refractivity contribution >= 4 is 11.8 Å². The molecule has 0 saturated carbocycles. The van der Waals surface area contributed by atoms with E-state index in [0.717, 1.165) is 16.3 Å². The second-order valence-electron chi connectivity index (χ2n) is 3.89. The first-order chi connectivity index (χ1) is 6.61. The Morgan fingerprint density at radius 3 is 2.71 bits per heavy atom. The van der Waals surface area contributed by atoms with Crippen LogP contribution < -0.4 is 5.73 Å². The van der Waals surface area contributed by atoms with Crippen LogP contribution in [-0.2, 0) is 0 Å². The number of rotatable bonds is 4. The zero-order valence-corrected chi connectivity index (χ0v) is 9.84. The van der Waals surface area contributed by atoms with Crippen LogP contribution in [0.2, 0.25) is 0 Å². The molecule has 0 aliphatic rings. The van der Waals surface area contributed by atoms with Gasteiger partial charge in [-0.05, 0) is 18.9 Å². The maximum Gasteiger partial charge on any atom is 0.101 e. The van der Waals surface area contributed by atoms with E-state index in [0.29, 0.717) is 5.92 Å². The molecule has 1 aromatic rings. The van der Waals surface area contributed by atoms with E-state index in [9.17, 15) is 0 Å². The van der Waals surface area contributed by atoms with Crippen molar-refractivity contribution in [3.8, 4) is 0 Å². The Morgan fingerprint density at radius 2 is 2.14 bits per heavy atom. The Labute approximate surface area is 90.3 Å². The van der Waals surface area contributed by atoms with Crippen molar-refractivity contribution in [2.24, 2.45) is 11.7 Å². The highest BCUT2D eigenvalue weighted by Crippen LogP contribution is 2.25. The zero-order chi connectivity index (χ0) is 10.6. The minimum Gasteiger partial charge on any atom is -0.324 e. The molecule has 1 atom stereocenters. The van der Waals surface area contributed by atoms with Gasteiger partial charge in [-0.25, -0.2) is 4.98 Å². The number of nitrogens with zero attached hydrogens (tertiary/aromatic N) is 1. The van der Waals surface area contributed by atoms with Crippen molar-refractivity contribution in [2.75, 3.05) is 5.75 Å². The first-order valence-electron chi connectivity index (χ1n) is 4.94. The van der Waals surface area contributed by atoms with Crippen LogP contribution in [-0.4, -0.2) is 10.7 Å². The average Bonchev–Trinajstić information content (AvgIpc) is 2.15. The predicted octanol–water partition coefficient (Wildman–Crippen LogP) is 2.85. The quantitative estimate of drug-likeness (QED) is 0.777. The molecule has 1 aromatic heterocycles. The van der Waals surface area contributed by atoms with E-state index >= 15 is 0 Å². The van der Waals surface area contributed by atoms with Gasteiger partial charge in [-0.3, -0.25) is 0 Å². The first kappa shape index (κ1) is 11.5. The number of hydrogen-bond acceptors (Lipinski definition) is 3. The van der Waals surface area contributed by atoms with Crippen molar-refractivity contribution in [1.29, 1.82) is 0 Å². The molecule has 14 heavy (non-hydrogen) atoms. The smallest absolute Gasteiger partial charge is 0.101 e. The van der Waals surface area contributed by atoms with Crippen LogP contribution >= 0.6 is 11.8 Å². The third-order valence-corrected chi connectivity index (χ3v) is 3.29. The molecule has 3 heteroatoms. The van der Waals surface area contributed by atoms with Crippen LogP contribution in [0.25, 0.3) is 0 Å². The average molecular weight is 210 g/mol. The summed E-state index contributed by atoms with van der Waals surface area (Å²) in [6.07, 6.45) is 1.83. The Kier molecular flexibility index (Phi) is 4.42. The summed E-state index contributed by atoms with van der Waals surface area (Å²) in [4.78, 5) is 4.35. The van der Waals surface area contributed by atoms with E-state index in [1.807, 2.05) is 19.2 Å². The van der Waals surface area contributed by atoms with Crippen molar-refractivity contribution in [3.63, 3.8) is 0 Å². The van der Waals surface area contributed by atoms with Gasteiger partial charge in [0.2, 0.25) is 0 Å². The van der Waals surface area contributed by atoms with Crippen LogP contribution in [0.3, 0.4) is 0 Å². The van der Waals surface area contributed by atoms with E-state index in [1.54, 1.807) is 11.8 Å². The summed E-state index contributed by atoms with van der Waals surface area (Å²) in [5, 5.41) is 1.08. The van der Waals surface area contributed by atoms with E-state index in [-0.39, 0.29) is 6.04 Å².